The second-order valence-electron chi connectivity index (χ2n) is 4.80. The Hall–Kier alpha value is -0.160. The fourth-order valence-electron chi connectivity index (χ4n) is 2.69. The normalized spacial score (nSPS) is 30.6. The summed E-state index contributed by atoms with van der Waals surface area (Å²) in [4.78, 5) is 0. The van der Waals surface area contributed by atoms with Crippen molar-refractivity contribution in [3.05, 3.63) is 0 Å². The summed E-state index contributed by atoms with van der Waals surface area (Å²) < 4.78 is 0. The predicted octanol–water partition coefficient (Wildman–Crippen LogP) is 1.61. The van der Waals surface area contributed by atoms with Gasteiger partial charge in [-0.2, -0.15) is 5.48 Å². The van der Waals surface area contributed by atoms with Crippen molar-refractivity contribution in [2.75, 3.05) is 6.54 Å². The molecule has 2 rings (SSSR count). The summed E-state index contributed by atoms with van der Waals surface area (Å²) in [5.41, 5.74) is 5.98. The zero-order valence-electron chi connectivity index (χ0n) is 9.41. The minimum atomic E-state index is 0.112. The van der Waals surface area contributed by atoms with Crippen molar-refractivity contribution in [3.63, 3.8) is 0 Å². The molecule has 1 unspecified atom stereocenters. The maximum atomic E-state index is 9.06. The summed E-state index contributed by atoms with van der Waals surface area (Å²) >= 11 is 0. The van der Waals surface area contributed by atoms with Crippen molar-refractivity contribution in [2.24, 2.45) is 0 Å². The lowest BCUT2D eigenvalue weighted by Crippen LogP contribution is -2.57. The molecule has 3 N–H and O–H groups in total. The maximum absolute atomic E-state index is 9.06. The molecule has 0 aromatic heterocycles. The van der Waals surface area contributed by atoms with Gasteiger partial charge in [-0.3, -0.25) is 5.43 Å². The van der Waals surface area contributed by atoms with Crippen LogP contribution >= 0.6 is 0 Å². The van der Waals surface area contributed by atoms with E-state index >= 15 is 0 Å². The summed E-state index contributed by atoms with van der Waals surface area (Å²) in [6, 6.07) is 0.632. The highest BCUT2D eigenvalue weighted by Crippen LogP contribution is 2.20. The van der Waals surface area contributed by atoms with Crippen LogP contribution in [0, 0.1) is 0 Å². The third-order valence-electron chi connectivity index (χ3n) is 3.61. The molecule has 0 aromatic rings. The quantitative estimate of drug-likeness (QED) is 0.623. The van der Waals surface area contributed by atoms with Gasteiger partial charge in [-0.05, 0) is 32.1 Å². The van der Waals surface area contributed by atoms with Crippen LogP contribution in [0.5, 0.6) is 0 Å². The predicted molar refractivity (Wildman–Crippen MR) is 59.3 cm³/mol. The number of hydrogen-bond acceptors (Lipinski definition) is 4. The van der Waals surface area contributed by atoms with Gasteiger partial charge in [0.1, 0.15) is 0 Å². The Morgan fingerprint density at radius 1 is 0.933 bits per heavy atom. The zero-order valence-corrected chi connectivity index (χ0v) is 9.41. The Bertz CT molecular complexity index is 183. The van der Waals surface area contributed by atoms with Crippen LogP contribution in [0.2, 0.25) is 0 Å². The molecule has 4 nitrogen and oxygen atoms in total. The van der Waals surface area contributed by atoms with Crippen LogP contribution in [0.4, 0.5) is 0 Å². The van der Waals surface area contributed by atoms with Gasteiger partial charge >= 0.3 is 0 Å². The standard InChI is InChI=1S/C11H23N3O/c15-13-11-8-4-5-9-14(11)12-10-6-2-1-3-7-10/h10-13,15H,1-9H2. The van der Waals surface area contributed by atoms with Crippen molar-refractivity contribution < 1.29 is 5.21 Å². The van der Waals surface area contributed by atoms with E-state index < -0.39 is 0 Å². The van der Waals surface area contributed by atoms with E-state index in [0.29, 0.717) is 6.04 Å². The summed E-state index contributed by atoms with van der Waals surface area (Å²) in [5.74, 6) is 0. The molecular formula is C11H23N3O. The van der Waals surface area contributed by atoms with Gasteiger partial charge in [0.25, 0.3) is 0 Å². The van der Waals surface area contributed by atoms with Crippen LogP contribution in [0.15, 0.2) is 0 Å². The molecule has 1 heterocycles. The van der Waals surface area contributed by atoms with Crippen molar-refractivity contribution in [3.8, 4) is 0 Å². The first kappa shape index (κ1) is 11.3. The van der Waals surface area contributed by atoms with Crippen molar-refractivity contribution in [1.29, 1.82) is 0 Å². The first-order valence-corrected chi connectivity index (χ1v) is 6.32. The summed E-state index contributed by atoms with van der Waals surface area (Å²) in [6.45, 7) is 1.05. The summed E-state index contributed by atoms with van der Waals surface area (Å²) in [7, 11) is 0. The number of hydrazine groups is 1. The highest BCUT2D eigenvalue weighted by Gasteiger charge is 2.24. The number of nitrogens with one attached hydrogen (secondary N) is 2. The molecular weight excluding hydrogens is 190 g/mol. The second-order valence-corrected chi connectivity index (χ2v) is 4.80. The lowest BCUT2D eigenvalue weighted by molar-refractivity contribution is -0.0308. The second kappa shape index (κ2) is 5.80. The third-order valence-corrected chi connectivity index (χ3v) is 3.61. The minimum absolute atomic E-state index is 0.112. The first-order chi connectivity index (χ1) is 7.40. The van der Waals surface area contributed by atoms with E-state index in [1.54, 1.807) is 0 Å². The number of hydrogen-bond donors (Lipinski definition) is 3. The van der Waals surface area contributed by atoms with Crippen LogP contribution in [0.3, 0.4) is 0 Å². The van der Waals surface area contributed by atoms with Crippen LogP contribution in [-0.4, -0.2) is 29.0 Å². The minimum Gasteiger partial charge on any atom is -0.315 e. The van der Waals surface area contributed by atoms with Crippen molar-refractivity contribution >= 4 is 0 Å². The number of rotatable bonds is 3. The Kier molecular flexibility index (Phi) is 4.38. The van der Waals surface area contributed by atoms with Crippen LogP contribution in [0.1, 0.15) is 51.4 Å². The molecule has 88 valence electrons. The molecule has 1 saturated carbocycles. The van der Waals surface area contributed by atoms with Crippen LogP contribution < -0.4 is 10.9 Å². The van der Waals surface area contributed by atoms with Gasteiger partial charge in [0, 0.05) is 12.6 Å². The number of piperidine rings is 1. The van der Waals surface area contributed by atoms with E-state index in [0.717, 1.165) is 13.0 Å². The molecule has 0 radical (unpaired) electrons. The van der Waals surface area contributed by atoms with Crippen LogP contribution in [-0.2, 0) is 0 Å². The molecule has 0 spiro atoms. The Morgan fingerprint density at radius 3 is 2.40 bits per heavy atom. The molecule has 15 heavy (non-hydrogen) atoms. The topological polar surface area (TPSA) is 47.5 Å². The molecule has 4 heteroatoms. The summed E-state index contributed by atoms with van der Waals surface area (Å²) in [6.07, 6.45) is 10.3. The van der Waals surface area contributed by atoms with Gasteiger partial charge in [-0.25, -0.2) is 5.01 Å². The Morgan fingerprint density at radius 2 is 1.67 bits per heavy atom. The van der Waals surface area contributed by atoms with E-state index in [1.165, 1.54) is 44.9 Å². The van der Waals surface area contributed by atoms with Crippen molar-refractivity contribution in [2.45, 2.75) is 63.6 Å². The molecule has 2 fully saturated rings. The Labute approximate surface area is 92.0 Å². The molecule has 2 aliphatic rings. The highest BCUT2D eigenvalue weighted by atomic mass is 16.5. The molecule has 0 amide bonds. The van der Waals surface area contributed by atoms with Crippen LogP contribution in [0.25, 0.3) is 0 Å². The van der Waals surface area contributed by atoms with Gasteiger partial charge in [0.15, 0.2) is 0 Å². The summed E-state index contributed by atoms with van der Waals surface area (Å²) in [5, 5.41) is 11.3. The zero-order chi connectivity index (χ0) is 10.5. The largest absolute Gasteiger partial charge is 0.315 e. The molecule has 1 atom stereocenters. The first-order valence-electron chi connectivity index (χ1n) is 6.32. The van der Waals surface area contributed by atoms with E-state index in [9.17, 15) is 0 Å². The maximum Gasteiger partial charge on any atom is 0.0964 e. The molecule has 1 aliphatic carbocycles. The fraction of sp³-hybridized carbons (Fsp3) is 1.00. The van der Waals surface area contributed by atoms with E-state index in [-0.39, 0.29) is 6.17 Å². The molecule has 0 aromatic carbocycles. The highest BCUT2D eigenvalue weighted by molar-refractivity contribution is 4.75. The molecule has 1 aliphatic heterocycles. The lowest BCUT2D eigenvalue weighted by atomic mass is 9.96. The van der Waals surface area contributed by atoms with Gasteiger partial charge < -0.3 is 5.21 Å². The molecule has 0 bridgehead atoms. The lowest BCUT2D eigenvalue weighted by Gasteiger charge is -2.38. The van der Waals surface area contributed by atoms with E-state index in [4.69, 9.17) is 5.21 Å². The van der Waals surface area contributed by atoms with Gasteiger partial charge in [0.2, 0.25) is 0 Å². The number of nitrogens with zero attached hydrogens (tertiary/aromatic N) is 1. The van der Waals surface area contributed by atoms with E-state index in [1.807, 2.05) is 0 Å². The fourth-order valence-corrected chi connectivity index (χ4v) is 2.69. The van der Waals surface area contributed by atoms with Crippen molar-refractivity contribution in [1.82, 2.24) is 15.9 Å². The van der Waals surface area contributed by atoms with Gasteiger partial charge in [-0.1, -0.05) is 19.3 Å². The molecule has 1 saturated heterocycles. The monoisotopic (exact) mass is 213 g/mol. The Balaban J connectivity index is 1.79. The average Bonchev–Trinajstić information content (AvgIpc) is 2.31. The number of hydroxylamine groups is 1. The van der Waals surface area contributed by atoms with E-state index in [2.05, 4.69) is 15.9 Å². The smallest absolute Gasteiger partial charge is 0.0964 e. The third kappa shape index (κ3) is 3.14. The SMILES string of the molecule is ONC1CCCCN1NC1CCCCC1. The average molecular weight is 213 g/mol. The van der Waals surface area contributed by atoms with Gasteiger partial charge in [0.05, 0.1) is 6.17 Å². The van der Waals surface area contributed by atoms with Gasteiger partial charge in [-0.15, -0.1) is 0 Å².